The second-order valence-corrected chi connectivity index (χ2v) is 3.77. The van der Waals surface area contributed by atoms with Crippen molar-refractivity contribution in [2.45, 2.75) is 25.0 Å². The lowest BCUT2D eigenvalue weighted by Crippen LogP contribution is -2.23. The predicted molar refractivity (Wildman–Crippen MR) is 52.7 cm³/mol. The normalized spacial score (nSPS) is 20.4. The van der Waals surface area contributed by atoms with Crippen LogP contribution in [0.2, 0.25) is 0 Å². The Morgan fingerprint density at radius 1 is 1.57 bits per heavy atom. The zero-order chi connectivity index (χ0) is 9.97. The van der Waals surface area contributed by atoms with Gasteiger partial charge in [0.05, 0.1) is 6.10 Å². The molecule has 0 bridgehead atoms. The molecular weight excluding hydrogens is 178 g/mol. The molecule has 1 aromatic rings. The number of aliphatic hydroxyl groups excluding tert-OH is 1. The number of nitrogens with zero attached hydrogens (tertiary/aromatic N) is 1. The third-order valence-corrected chi connectivity index (χ3v) is 2.70. The van der Waals surface area contributed by atoms with E-state index in [1.165, 1.54) is 0 Å². The van der Waals surface area contributed by atoms with Gasteiger partial charge in [0.2, 0.25) is 0 Å². The number of aliphatic hydroxyl groups is 1. The van der Waals surface area contributed by atoms with E-state index in [9.17, 15) is 5.11 Å². The zero-order valence-electron chi connectivity index (χ0n) is 8.26. The minimum atomic E-state index is -0.541. The van der Waals surface area contributed by atoms with E-state index in [2.05, 4.69) is 4.98 Å². The Balaban J connectivity index is 2.09. The largest absolute Gasteiger partial charge is 0.386 e. The van der Waals surface area contributed by atoms with Crippen LogP contribution in [-0.2, 0) is 4.74 Å². The number of aromatic nitrogens is 1. The summed E-state index contributed by atoms with van der Waals surface area (Å²) in [6, 6.07) is 3.71. The molecule has 0 aliphatic heterocycles. The third kappa shape index (κ3) is 1.94. The highest BCUT2D eigenvalue weighted by Crippen LogP contribution is 2.39. The van der Waals surface area contributed by atoms with E-state index in [4.69, 9.17) is 4.74 Å². The molecule has 2 rings (SSSR count). The second-order valence-electron chi connectivity index (χ2n) is 3.77. The SMILES string of the molecule is COC(C1CC1)C(O)c1cccnc1. The molecule has 0 aromatic carbocycles. The second kappa shape index (κ2) is 4.07. The molecule has 2 unspecified atom stereocenters. The molecule has 1 fully saturated rings. The van der Waals surface area contributed by atoms with E-state index in [0.29, 0.717) is 5.92 Å². The summed E-state index contributed by atoms with van der Waals surface area (Å²) in [6.07, 6.45) is 5.11. The quantitative estimate of drug-likeness (QED) is 0.788. The molecule has 0 amide bonds. The third-order valence-electron chi connectivity index (χ3n) is 2.70. The van der Waals surface area contributed by atoms with Crippen LogP contribution >= 0.6 is 0 Å². The van der Waals surface area contributed by atoms with E-state index in [-0.39, 0.29) is 6.10 Å². The predicted octanol–water partition coefficient (Wildman–Crippen LogP) is 1.54. The van der Waals surface area contributed by atoms with Crippen LogP contribution in [0.15, 0.2) is 24.5 Å². The van der Waals surface area contributed by atoms with Crippen LogP contribution < -0.4 is 0 Å². The first-order valence-corrected chi connectivity index (χ1v) is 4.93. The minimum absolute atomic E-state index is 0.0702. The fourth-order valence-electron chi connectivity index (χ4n) is 1.74. The fourth-order valence-corrected chi connectivity index (χ4v) is 1.74. The Kier molecular flexibility index (Phi) is 2.79. The number of hydrogen-bond acceptors (Lipinski definition) is 3. The highest BCUT2D eigenvalue weighted by atomic mass is 16.5. The monoisotopic (exact) mass is 193 g/mol. The van der Waals surface area contributed by atoms with E-state index in [1.807, 2.05) is 12.1 Å². The lowest BCUT2D eigenvalue weighted by atomic mass is 10.0. The molecule has 1 saturated carbocycles. The van der Waals surface area contributed by atoms with Crippen molar-refractivity contribution in [2.24, 2.45) is 5.92 Å². The first kappa shape index (κ1) is 9.62. The summed E-state index contributed by atoms with van der Waals surface area (Å²) in [6.45, 7) is 0. The summed E-state index contributed by atoms with van der Waals surface area (Å²) in [4.78, 5) is 3.99. The van der Waals surface area contributed by atoms with Crippen LogP contribution in [0.5, 0.6) is 0 Å². The summed E-state index contributed by atoms with van der Waals surface area (Å²) in [7, 11) is 1.66. The van der Waals surface area contributed by atoms with Gasteiger partial charge in [-0.3, -0.25) is 4.98 Å². The molecule has 0 saturated heterocycles. The maximum absolute atomic E-state index is 10.0. The zero-order valence-corrected chi connectivity index (χ0v) is 8.26. The topological polar surface area (TPSA) is 42.4 Å². The average Bonchev–Trinajstić information content (AvgIpc) is 3.04. The molecule has 0 spiro atoms. The standard InChI is InChI=1S/C11H15NO2/c1-14-11(8-4-5-8)10(13)9-3-2-6-12-7-9/h2-3,6-8,10-11,13H,4-5H2,1H3. The van der Waals surface area contributed by atoms with Gasteiger partial charge in [-0.05, 0) is 24.8 Å². The highest BCUT2D eigenvalue weighted by Gasteiger charge is 2.36. The molecular formula is C11H15NO2. The van der Waals surface area contributed by atoms with Gasteiger partial charge in [0, 0.05) is 25.1 Å². The maximum atomic E-state index is 10.0. The molecule has 1 aromatic heterocycles. The van der Waals surface area contributed by atoms with Gasteiger partial charge in [-0.1, -0.05) is 6.07 Å². The van der Waals surface area contributed by atoms with E-state index >= 15 is 0 Å². The number of rotatable bonds is 4. The van der Waals surface area contributed by atoms with Crippen molar-refractivity contribution < 1.29 is 9.84 Å². The molecule has 0 radical (unpaired) electrons. The van der Waals surface area contributed by atoms with Crippen LogP contribution in [0, 0.1) is 5.92 Å². The molecule has 1 aliphatic carbocycles. The molecule has 76 valence electrons. The maximum Gasteiger partial charge on any atom is 0.107 e. The van der Waals surface area contributed by atoms with Crippen molar-refractivity contribution in [1.29, 1.82) is 0 Å². The van der Waals surface area contributed by atoms with Crippen LogP contribution in [0.1, 0.15) is 24.5 Å². The van der Waals surface area contributed by atoms with Crippen molar-refractivity contribution in [3.63, 3.8) is 0 Å². The lowest BCUT2D eigenvalue weighted by Gasteiger charge is -2.21. The minimum Gasteiger partial charge on any atom is -0.386 e. The summed E-state index contributed by atoms with van der Waals surface area (Å²) < 4.78 is 5.31. The van der Waals surface area contributed by atoms with Crippen LogP contribution in [0.3, 0.4) is 0 Å². The Hall–Kier alpha value is -0.930. The van der Waals surface area contributed by atoms with Crippen LogP contribution in [-0.4, -0.2) is 23.3 Å². The van der Waals surface area contributed by atoms with Crippen molar-refractivity contribution in [3.05, 3.63) is 30.1 Å². The lowest BCUT2D eigenvalue weighted by molar-refractivity contribution is -0.0260. The Bertz CT molecular complexity index is 285. The van der Waals surface area contributed by atoms with Gasteiger partial charge in [-0.2, -0.15) is 0 Å². The van der Waals surface area contributed by atoms with Crippen molar-refractivity contribution in [1.82, 2.24) is 4.98 Å². The van der Waals surface area contributed by atoms with Crippen molar-refractivity contribution >= 4 is 0 Å². The first-order chi connectivity index (χ1) is 6.83. The molecule has 14 heavy (non-hydrogen) atoms. The van der Waals surface area contributed by atoms with E-state index in [1.54, 1.807) is 19.5 Å². The summed E-state index contributed by atoms with van der Waals surface area (Å²) >= 11 is 0. The summed E-state index contributed by atoms with van der Waals surface area (Å²) in [5.41, 5.74) is 0.839. The van der Waals surface area contributed by atoms with Crippen molar-refractivity contribution in [2.75, 3.05) is 7.11 Å². The van der Waals surface area contributed by atoms with Gasteiger partial charge in [0.1, 0.15) is 6.10 Å². The van der Waals surface area contributed by atoms with Gasteiger partial charge in [-0.25, -0.2) is 0 Å². The summed E-state index contributed by atoms with van der Waals surface area (Å²) in [5.74, 6) is 0.523. The van der Waals surface area contributed by atoms with E-state index < -0.39 is 6.10 Å². The average molecular weight is 193 g/mol. The molecule has 3 heteroatoms. The molecule has 2 atom stereocenters. The van der Waals surface area contributed by atoms with Gasteiger partial charge in [0.15, 0.2) is 0 Å². The van der Waals surface area contributed by atoms with Crippen LogP contribution in [0.4, 0.5) is 0 Å². The highest BCUT2D eigenvalue weighted by molar-refractivity contribution is 5.14. The summed E-state index contributed by atoms with van der Waals surface area (Å²) in [5, 5.41) is 10.0. The number of pyridine rings is 1. The van der Waals surface area contributed by atoms with Crippen LogP contribution in [0.25, 0.3) is 0 Å². The number of methoxy groups -OCH3 is 1. The number of hydrogen-bond donors (Lipinski definition) is 1. The van der Waals surface area contributed by atoms with Gasteiger partial charge >= 0.3 is 0 Å². The van der Waals surface area contributed by atoms with Crippen molar-refractivity contribution in [3.8, 4) is 0 Å². The smallest absolute Gasteiger partial charge is 0.107 e. The first-order valence-electron chi connectivity index (χ1n) is 4.93. The molecule has 1 heterocycles. The Morgan fingerprint density at radius 2 is 2.36 bits per heavy atom. The molecule has 1 aliphatic rings. The van der Waals surface area contributed by atoms with E-state index in [0.717, 1.165) is 18.4 Å². The molecule has 1 N–H and O–H groups in total. The Morgan fingerprint density at radius 3 is 2.86 bits per heavy atom. The van der Waals surface area contributed by atoms with Gasteiger partial charge in [0.25, 0.3) is 0 Å². The molecule has 3 nitrogen and oxygen atoms in total. The Labute approximate surface area is 83.7 Å². The number of ether oxygens (including phenoxy) is 1. The van der Waals surface area contributed by atoms with Gasteiger partial charge < -0.3 is 9.84 Å². The fraction of sp³-hybridized carbons (Fsp3) is 0.545. The van der Waals surface area contributed by atoms with Gasteiger partial charge in [-0.15, -0.1) is 0 Å².